The summed E-state index contributed by atoms with van der Waals surface area (Å²) in [5, 5.41) is 3.73. The molecule has 5 heteroatoms. The molecule has 102 valence electrons. The highest BCUT2D eigenvalue weighted by Gasteiger charge is 2.10. The molecule has 0 bridgehead atoms. The SMILES string of the molecule is Fc1cc(F)c(F)c(NCc2ccc3[nH]ccc3c2)c1. The Balaban J connectivity index is 1.82. The van der Waals surface area contributed by atoms with Crippen molar-refractivity contribution in [3.8, 4) is 0 Å². The quantitative estimate of drug-likeness (QED) is 0.689. The van der Waals surface area contributed by atoms with Gasteiger partial charge in [-0.3, -0.25) is 0 Å². The van der Waals surface area contributed by atoms with Gasteiger partial charge in [0.1, 0.15) is 5.82 Å². The number of halogens is 3. The lowest BCUT2D eigenvalue weighted by Gasteiger charge is -2.08. The van der Waals surface area contributed by atoms with E-state index in [0.29, 0.717) is 6.07 Å². The van der Waals surface area contributed by atoms with E-state index in [4.69, 9.17) is 0 Å². The number of anilines is 1. The van der Waals surface area contributed by atoms with Gasteiger partial charge in [0.15, 0.2) is 11.6 Å². The monoisotopic (exact) mass is 276 g/mol. The normalized spacial score (nSPS) is 10.9. The van der Waals surface area contributed by atoms with E-state index >= 15 is 0 Å². The number of benzene rings is 2. The molecule has 0 amide bonds. The maximum atomic E-state index is 13.5. The van der Waals surface area contributed by atoms with E-state index in [1.165, 1.54) is 0 Å². The highest BCUT2D eigenvalue weighted by molar-refractivity contribution is 5.79. The van der Waals surface area contributed by atoms with Gasteiger partial charge in [-0.2, -0.15) is 0 Å². The lowest BCUT2D eigenvalue weighted by atomic mass is 10.1. The van der Waals surface area contributed by atoms with Gasteiger partial charge in [-0.25, -0.2) is 13.2 Å². The summed E-state index contributed by atoms with van der Waals surface area (Å²) < 4.78 is 39.6. The first-order chi connectivity index (χ1) is 9.63. The number of aromatic nitrogens is 1. The molecular weight excluding hydrogens is 265 g/mol. The third-order valence-electron chi connectivity index (χ3n) is 3.09. The van der Waals surface area contributed by atoms with Crippen LogP contribution in [0.5, 0.6) is 0 Å². The molecule has 3 rings (SSSR count). The van der Waals surface area contributed by atoms with Crippen molar-refractivity contribution in [1.29, 1.82) is 0 Å². The standard InChI is InChI=1S/C15H11F3N2/c16-11-6-12(17)15(18)14(7-11)20-8-9-1-2-13-10(5-9)3-4-19-13/h1-7,19-20H,8H2. The Kier molecular flexibility index (Phi) is 3.10. The van der Waals surface area contributed by atoms with Crippen LogP contribution in [0.15, 0.2) is 42.6 Å². The van der Waals surface area contributed by atoms with Crippen LogP contribution < -0.4 is 5.32 Å². The molecule has 0 aliphatic heterocycles. The Bertz CT molecular complexity index is 765. The van der Waals surface area contributed by atoms with Crippen molar-refractivity contribution in [3.63, 3.8) is 0 Å². The Morgan fingerprint density at radius 1 is 1.00 bits per heavy atom. The second-order valence-electron chi connectivity index (χ2n) is 4.50. The number of hydrogen-bond donors (Lipinski definition) is 2. The number of rotatable bonds is 3. The maximum Gasteiger partial charge on any atom is 0.182 e. The molecule has 0 fully saturated rings. The zero-order chi connectivity index (χ0) is 14.1. The molecule has 0 aliphatic rings. The first-order valence-electron chi connectivity index (χ1n) is 6.08. The molecule has 2 aromatic carbocycles. The minimum Gasteiger partial charge on any atom is -0.378 e. The molecule has 2 N–H and O–H groups in total. The highest BCUT2D eigenvalue weighted by Crippen LogP contribution is 2.21. The summed E-state index contributed by atoms with van der Waals surface area (Å²) in [6.45, 7) is 0.279. The summed E-state index contributed by atoms with van der Waals surface area (Å²) in [5.74, 6) is -3.09. The molecule has 2 nitrogen and oxygen atoms in total. The number of hydrogen-bond acceptors (Lipinski definition) is 1. The van der Waals surface area contributed by atoms with E-state index in [-0.39, 0.29) is 12.2 Å². The van der Waals surface area contributed by atoms with Gasteiger partial charge in [0.05, 0.1) is 5.69 Å². The van der Waals surface area contributed by atoms with Gasteiger partial charge >= 0.3 is 0 Å². The summed E-state index contributed by atoms with van der Waals surface area (Å²) in [7, 11) is 0. The fourth-order valence-corrected chi connectivity index (χ4v) is 2.09. The molecule has 3 aromatic rings. The van der Waals surface area contributed by atoms with Crippen molar-refractivity contribution in [2.75, 3.05) is 5.32 Å². The first kappa shape index (κ1) is 12.6. The number of aromatic amines is 1. The van der Waals surface area contributed by atoms with Crippen molar-refractivity contribution >= 4 is 16.6 Å². The van der Waals surface area contributed by atoms with Crippen LogP contribution in [0.3, 0.4) is 0 Å². The summed E-state index contributed by atoms with van der Waals surface area (Å²) in [4.78, 5) is 3.07. The van der Waals surface area contributed by atoms with Gasteiger partial charge in [-0.15, -0.1) is 0 Å². The van der Waals surface area contributed by atoms with Crippen molar-refractivity contribution in [3.05, 3.63) is 65.6 Å². The van der Waals surface area contributed by atoms with E-state index in [9.17, 15) is 13.2 Å². The number of H-pyrrole nitrogens is 1. The maximum absolute atomic E-state index is 13.5. The molecule has 1 heterocycles. The third kappa shape index (κ3) is 2.34. The van der Waals surface area contributed by atoms with E-state index in [0.717, 1.165) is 22.5 Å². The van der Waals surface area contributed by atoms with Gasteiger partial charge in [0, 0.05) is 30.4 Å². The van der Waals surface area contributed by atoms with Crippen LogP contribution in [0.4, 0.5) is 18.9 Å². The molecule has 0 saturated heterocycles. The molecule has 0 atom stereocenters. The van der Waals surface area contributed by atoms with Gasteiger partial charge in [0.25, 0.3) is 0 Å². The van der Waals surface area contributed by atoms with Gasteiger partial charge in [-0.1, -0.05) is 6.07 Å². The Morgan fingerprint density at radius 2 is 1.85 bits per heavy atom. The second-order valence-corrected chi connectivity index (χ2v) is 4.50. The zero-order valence-corrected chi connectivity index (χ0v) is 10.4. The Hall–Kier alpha value is -2.43. The van der Waals surface area contributed by atoms with Crippen LogP contribution >= 0.6 is 0 Å². The van der Waals surface area contributed by atoms with Crippen LogP contribution in [0, 0.1) is 17.5 Å². The smallest absolute Gasteiger partial charge is 0.182 e. The molecule has 0 radical (unpaired) electrons. The van der Waals surface area contributed by atoms with Crippen molar-refractivity contribution < 1.29 is 13.2 Å². The molecule has 20 heavy (non-hydrogen) atoms. The molecular formula is C15H11F3N2. The predicted octanol–water partition coefficient (Wildman–Crippen LogP) is 4.20. The summed E-state index contributed by atoms with van der Waals surface area (Å²) >= 11 is 0. The number of nitrogens with one attached hydrogen (secondary N) is 2. The average molecular weight is 276 g/mol. The summed E-state index contributed by atoms with van der Waals surface area (Å²) in [6, 6.07) is 9.06. The van der Waals surface area contributed by atoms with E-state index in [2.05, 4.69) is 10.3 Å². The third-order valence-corrected chi connectivity index (χ3v) is 3.09. The van der Waals surface area contributed by atoms with Gasteiger partial charge in [-0.05, 0) is 29.1 Å². The first-order valence-corrected chi connectivity index (χ1v) is 6.08. The van der Waals surface area contributed by atoms with E-state index < -0.39 is 17.5 Å². The van der Waals surface area contributed by atoms with E-state index in [1.807, 2.05) is 30.5 Å². The minimum absolute atomic E-state index is 0.184. The Morgan fingerprint density at radius 3 is 2.70 bits per heavy atom. The topological polar surface area (TPSA) is 27.8 Å². The van der Waals surface area contributed by atoms with Crippen molar-refractivity contribution in [2.24, 2.45) is 0 Å². The fraction of sp³-hybridized carbons (Fsp3) is 0.0667. The van der Waals surface area contributed by atoms with Gasteiger partial charge < -0.3 is 10.3 Å². The largest absolute Gasteiger partial charge is 0.378 e. The second kappa shape index (κ2) is 4.92. The lowest BCUT2D eigenvalue weighted by Crippen LogP contribution is -2.03. The molecule has 0 spiro atoms. The fourth-order valence-electron chi connectivity index (χ4n) is 2.09. The van der Waals surface area contributed by atoms with E-state index in [1.54, 1.807) is 0 Å². The van der Waals surface area contributed by atoms with Crippen molar-refractivity contribution in [2.45, 2.75) is 6.54 Å². The van der Waals surface area contributed by atoms with Crippen LogP contribution in [0.1, 0.15) is 5.56 Å². The van der Waals surface area contributed by atoms with Gasteiger partial charge in [0.2, 0.25) is 0 Å². The van der Waals surface area contributed by atoms with Crippen molar-refractivity contribution in [1.82, 2.24) is 4.98 Å². The highest BCUT2D eigenvalue weighted by atomic mass is 19.2. The summed E-state index contributed by atoms with van der Waals surface area (Å²) in [6.07, 6.45) is 1.82. The molecule has 0 aliphatic carbocycles. The molecule has 0 unspecified atom stereocenters. The molecule has 0 saturated carbocycles. The Labute approximate surface area is 113 Å². The average Bonchev–Trinajstić information content (AvgIpc) is 2.88. The predicted molar refractivity (Wildman–Crippen MR) is 71.9 cm³/mol. The number of fused-ring (bicyclic) bond motifs is 1. The van der Waals surface area contributed by atoms with Crippen LogP contribution in [0.2, 0.25) is 0 Å². The summed E-state index contributed by atoms with van der Waals surface area (Å²) in [5.41, 5.74) is 1.70. The lowest BCUT2D eigenvalue weighted by molar-refractivity contribution is 0.497. The zero-order valence-electron chi connectivity index (χ0n) is 10.4. The van der Waals surface area contributed by atoms with Crippen LogP contribution in [-0.2, 0) is 6.54 Å². The van der Waals surface area contributed by atoms with Crippen LogP contribution in [-0.4, -0.2) is 4.98 Å². The minimum atomic E-state index is -1.20. The molecule has 1 aromatic heterocycles. The van der Waals surface area contributed by atoms with Crippen LogP contribution in [0.25, 0.3) is 10.9 Å².